The van der Waals surface area contributed by atoms with Gasteiger partial charge in [-0.15, -0.1) is 0 Å². The third-order valence-electron chi connectivity index (χ3n) is 8.29. The Morgan fingerprint density at radius 2 is 1.49 bits per heavy atom. The zero-order valence-corrected chi connectivity index (χ0v) is 25.4. The molecule has 2 aromatic carbocycles. The molecular formula is C32H32F7N3O3. The van der Waals surface area contributed by atoms with Crippen molar-refractivity contribution >= 4 is 17.7 Å². The minimum Gasteiger partial charge on any atom is -0.453 e. The first kappa shape index (κ1) is 33.7. The molecule has 1 fully saturated rings. The average Bonchev–Trinajstić information content (AvgIpc) is 3.35. The van der Waals surface area contributed by atoms with E-state index in [1.54, 1.807) is 17.9 Å². The highest BCUT2D eigenvalue weighted by Gasteiger charge is 2.42. The monoisotopic (exact) mass is 639 g/mol. The molecule has 2 amide bonds. The fourth-order valence-corrected chi connectivity index (χ4v) is 5.71. The Bertz CT molecular complexity index is 1590. The Morgan fingerprint density at radius 1 is 0.911 bits per heavy atom. The van der Waals surface area contributed by atoms with Crippen molar-refractivity contribution in [3.8, 4) is 11.1 Å². The van der Waals surface area contributed by atoms with Gasteiger partial charge < -0.3 is 9.64 Å². The molecule has 1 saturated heterocycles. The molecule has 1 aliphatic heterocycles. The van der Waals surface area contributed by atoms with Crippen molar-refractivity contribution in [2.75, 3.05) is 19.1 Å². The van der Waals surface area contributed by atoms with Gasteiger partial charge in [0.2, 0.25) is 5.91 Å². The fraction of sp³-hybridized carbons (Fsp3) is 0.406. The van der Waals surface area contributed by atoms with Gasteiger partial charge in [0.1, 0.15) is 5.82 Å². The van der Waals surface area contributed by atoms with Gasteiger partial charge in [0.05, 0.1) is 47.3 Å². The van der Waals surface area contributed by atoms with E-state index in [2.05, 4.69) is 4.98 Å². The number of methoxy groups -OCH3 is 1. The molecule has 0 unspecified atom stereocenters. The highest BCUT2D eigenvalue weighted by atomic mass is 19.4. The van der Waals surface area contributed by atoms with Gasteiger partial charge in [0.15, 0.2) is 0 Å². The lowest BCUT2D eigenvalue weighted by Crippen LogP contribution is -2.42. The number of anilines is 1. The van der Waals surface area contributed by atoms with Gasteiger partial charge in [-0.1, -0.05) is 6.07 Å². The zero-order valence-electron chi connectivity index (χ0n) is 25.4. The van der Waals surface area contributed by atoms with Crippen LogP contribution < -0.4 is 4.90 Å². The first-order chi connectivity index (χ1) is 20.8. The second kappa shape index (κ2) is 12.0. The fourth-order valence-electron chi connectivity index (χ4n) is 5.71. The second-order valence-electron chi connectivity index (χ2n) is 11.7. The van der Waals surface area contributed by atoms with E-state index in [9.17, 15) is 40.3 Å². The number of carbonyl (C=O) groups excluding carboxylic acids is 2. The number of benzene rings is 2. The molecule has 0 bridgehead atoms. The molecule has 3 aromatic rings. The lowest BCUT2D eigenvalue weighted by Gasteiger charge is -2.32. The van der Waals surface area contributed by atoms with Crippen LogP contribution in [0, 0.1) is 12.7 Å². The number of alkyl halides is 6. The molecule has 1 aromatic heterocycles. The Balaban J connectivity index is 1.85. The van der Waals surface area contributed by atoms with Crippen molar-refractivity contribution in [1.82, 2.24) is 9.88 Å². The van der Waals surface area contributed by atoms with Gasteiger partial charge >= 0.3 is 18.4 Å². The summed E-state index contributed by atoms with van der Waals surface area (Å²) in [6, 6.07) is 6.09. The maximum absolute atomic E-state index is 14.1. The van der Waals surface area contributed by atoms with Crippen molar-refractivity contribution in [2.24, 2.45) is 0 Å². The quantitative estimate of drug-likeness (QED) is 0.263. The van der Waals surface area contributed by atoms with Gasteiger partial charge in [-0.25, -0.2) is 9.18 Å². The van der Waals surface area contributed by atoms with Crippen LogP contribution in [-0.2, 0) is 27.3 Å². The summed E-state index contributed by atoms with van der Waals surface area (Å²) in [6.45, 7) is 5.98. The molecule has 1 aliphatic rings. The molecule has 2 heterocycles. The summed E-state index contributed by atoms with van der Waals surface area (Å²) in [6.07, 6.45) is -8.16. The summed E-state index contributed by atoms with van der Waals surface area (Å²) in [7, 11) is 2.60. The minimum absolute atomic E-state index is 0.00726. The molecule has 242 valence electrons. The molecule has 45 heavy (non-hydrogen) atoms. The summed E-state index contributed by atoms with van der Waals surface area (Å²) in [5.41, 5.74) is -3.41. The van der Waals surface area contributed by atoms with Crippen molar-refractivity contribution in [1.29, 1.82) is 0 Å². The summed E-state index contributed by atoms with van der Waals surface area (Å²) < 4.78 is 101. The summed E-state index contributed by atoms with van der Waals surface area (Å²) in [5.74, 6) is -1.33. The van der Waals surface area contributed by atoms with Crippen LogP contribution in [-0.4, -0.2) is 42.1 Å². The van der Waals surface area contributed by atoms with E-state index < -0.39 is 58.3 Å². The van der Waals surface area contributed by atoms with Crippen LogP contribution in [0.1, 0.15) is 67.6 Å². The van der Waals surface area contributed by atoms with Crippen molar-refractivity contribution in [3.05, 3.63) is 82.4 Å². The largest absolute Gasteiger partial charge is 0.453 e. The van der Waals surface area contributed by atoms with Crippen molar-refractivity contribution < 1.29 is 45.1 Å². The Morgan fingerprint density at radius 3 is 2.02 bits per heavy atom. The molecule has 13 heteroatoms. The number of hydrogen-bond donors (Lipinski definition) is 0. The number of pyridine rings is 1. The number of halogens is 7. The standard InChI is InChI=1S/C32H32F7N3O3/c1-17-11-22(33)8-9-23(17)24-15-25(26-10-7-18(2)42(26)29(44)45-6)40-16-27(24)41(5)28(43)30(3,4)19-12-20(31(34,35)36)14-21(13-19)32(37,38)39/h8-9,11-16,18,26H,7,10H2,1-6H3/t18-,26+/m1/s1. The van der Waals surface area contributed by atoms with Crippen molar-refractivity contribution in [3.63, 3.8) is 0 Å². The Kier molecular flexibility index (Phi) is 8.98. The highest BCUT2D eigenvalue weighted by Crippen LogP contribution is 2.43. The van der Waals surface area contributed by atoms with Crippen LogP contribution in [0.15, 0.2) is 48.7 Å². The Labute approximate surface area is 255 Å². The van der Waals surface area contributed by atoms with Crippen molar-refractivity contribution in [2.45, 2.75) is 70.4 Å². The average molecular weight is 640 g/mol. The smallest absolute Gasteiger partial charge is 0.416 e. The molecule has 0 radical (unpaired) electrons. The van der Waals surface area contributed by atoms with E-state index in [4.69, 9.17) is 4.74 Å². The van der Waals surface area contributed by atoms with Gasteiger partial charge in [0.25, 0.3) is 0 Å². The van der Waals surface area contributed by atoms with E-state index in [0.717, 1.165) is 4.90 Å². The second-order valence-corrected chi connectivity index (χ2v) is 11.7. The highest BCUT2D eigenvalue weighted by molar-refractivity contribution is 6.03. The molecule has 0 spiro atoms. The first-order valence-corrected chi connectivity index (χ1v) is 14.0. The number of carbonyl (C=O) groups is 2. The molecule has 0 N–H and O–H groups in total. The number of aromatic nitrogens is 1. The third kappa shape index (κ3) is 6.62. The van der Waals surface area contributed by atoms with Gasteiger partial charge in [-0.3, -0.25) is 14.7 Å². The normalized spacial score (nSPS) is 17.4. The molecule has 6 nitrogen and oxygen atoms in total. The number of rotatable bonds is 5. The maximum Gasteiger partial charge on any atom is 0.416 e. The van der Waals surface area contributed by atoms with Crippen LogP contribution in [0.5, 0.6) is 0 Å². The molecule has 0 aliphatic carbocycles. The van der Waals surface area contributed by atoms with E-state index in [0.29, 0.717) is 47.4 Å². The maximum atomic E-state index is 14.1. The molecular weight excluding hydrogens is 607 g/mol. The lowest BCUT2D eigenvalue weighted by molar-refractivity contribution is -0.143. The van der Waals surface area contributed by atoms with Crippen LogP contribution >= 0.6 is 0 Å². The number of nitrogens with zero attached hydrogens (tertiary/aromatic N) is 3. The molecule has 2 atom stereocenters. The van der Waals surface area contributed by atoms with E-state index in [1.165, 1.54) is 52.4 Å². The summed E-state index contributed by atoms with van der Waals surface area (Å²) in [4.78, 5) is 33.7. The number of amides is 2. The molecule has 4 rings (SSSR count). The number of likely N-dealkylation sites (N-methyl/N-ethyl adjacent to an activating group) is 1. The third-order valence-corrected chi connectivity index (χ3v) is 8.29. The number of ether oxygens (including phenoxy) is 1. The van der Waals surface area contributed by atoms with Crippen LogP contribution in [0.4, 0.5) is 41.2 Å². The minimum atomic E-state index is -5.09. The van der Waals surface area contributed by atoms with E-state index >= 15 is 0 Å². The number of likely N-dealkylation sites (tertiary alicyclic amines) is 1. The summed E-state index contributed by atoms with van der Waals surface area (Å²) in [5, 5.41) is 0. The summed E-state index contributed by atoms with van der Waals surface area (Å²) >= 11 is 0. The zero-order chi connectivity index (χ0) is 33.6. The van der Waals surface area contributed by atoms with Gasteiger partial charge in [0, 0.05) is 18.7 Å². The topological polar surface area (TPSA) is 62.7 Å². The van der Waals surface area contributed by atoms with E-state index in [1.807, 2.05) is 6.92 Å². The van der Waals surface area contributed by atoms with Gasteiger partial charge in [-0.05, 0) is 93.6 Å². The van der Waals surface area contributed by atoms with Crippen LogP contribution in [0.25, 0.3) is 11.1 Å². The number of aryl methyl sites for hydroxylation is 1. The van der Waals surface area contributed by atoms with Crippen LogP contribution in [0.2, 0.25) is 0 Å². The molecule has 0 saturated carbocycles. The Hall–Kier alpha value is -4.16. The predicted molar refractivity (Wildman–Crippen MR) is 153 cm³/mol. The first-order valence-electron chi connectivity index (χ1n) is 14.0. The lowest BCUT2D eigenvalue weighted by atomic mass is 9.81. The number of hydrogen-bond acceptors (Lipinski definition) is 4. The van der Waals surface area contributed by atoms with E-state index in [-0.39, 0.29) is 17.8 Å². The van der Waals surface area contributed by atoms with Crippen LogP contribution in [0.3, 0.4) is 0 Å². The predicted octanol–water partition coefficient (Wildman–Crippen LogP) is 8.47. The SMILES string of the molecule is COC(=O)N1[C@H](C)CC[C@H]1c1cc(-c2ccc(F)cc2C)c(N(C)C(=O)C(C)(C)c2cc(C(F)(F)F)cc(C(F)(F)F)c2)cn1. The van der Waals surface area contributed by atoms with Gasteiger partial charge in [-0.2, -0.15) is 26.3 Å².